The maximum Gasteiger partial charge on any atom is 0.225 e. The molecule has 0 aliphatic carbocycles. The number of hydrogen-bond acceptors (Lipinski definition) is 8. The van der Waals surface area contributed by atoms with E-state index in [0.717, 1.165) is 37.0 Å². The zero-order valence-corrected chi connectivity index (χ0v) is 20.2. The number of methoxy groups -OCH3 is 2. The summed E-state index contributed by atoms with van der Waals surface area (Å²) >= 11 is 0. The lowest BCUT2D eigenvalue weighted by Crippen LogP contribution is -2.27. The number of anilines is 4. The lowest BCUT2D eigenvalue weighted by Gasteiger charge is -2.16. The van der Waals surface area contributed by atoms with Crippen molar-refractivity contribution in [2.75, 3.05) is 49.8 Å². The maximum atomic E-state index is 11.8. The van der Waals surface area contributed by atoms with Gasteiger partial charge in [0, 0.05) is 55.8 Å². The molecule has 35 heavy (non-hydrogen) atoms. The first kappa shape index (κ1) is 24.1. The minimum absolute atomic E-state index is 0.127. The van der Waals surface area contributed by atoms with Gasteiger partial charge < -0.3 is 30.3 Å². The molecule has 184 valence electrons. The Kier molecular flexibility index (Phi) is 7.49. The molecule has 3 aromatic rings. The predicted octanol–water partition coefficient (Wildman–Crippen LogP) is 3.77. The van der Waals surface area contributed by atoms with E-state index in [0.29, 0.717) is 47.4 Å². The van der Waals surface area contributed by atoms with E-state index in [-0.39, 0.29) is 11.8 Å². The van der Waals surface area contributed by atoms with Crippen LogP contribution in [0.3, 0.4) is 0 Å². The van der Waals surface area contributed by atoms with Crippen LogP contribution in [-0.4, -0.2) is 60.5 Å². The van der Waals surface area contributed by atoms with Crippen molar-refractivity contribution in [3.8, 4) is 11.5 Å². The van der Waals surface area contributed by atoms with E-state index in [1.807, 2.05) is 41.3 Å². The third-order valence-corrected chi connectivity index (χ3v) is 5.73. The first-order chi connectivity index (χ1) is 17.0. The summed E-state index contributed by atoms with van der Waals surface area (Å²) in [5.74, 6) is 2.31. The minimum Gasteiger partial charge on any atom is -0.493 e. The van der Waals surface area contributed by atoms with Gasteiger partial charge in [0.15, 0.2) is 11.5 Å². The number of carbonyl (C=O) groups is 2. The van der Waals surface area contributed by atoms with E-state index < -0.39 is 0 Å². The molecule has 0 spiro atoms. The van der Waals surface area contributed by atoms with Gasteiger partial charge in [0.05, 0.1) is 19.7 Å². The van der Waals surface area contributed by atoms with Crippen LogP contribution in [0.25, 0.3) is 10.9 Å². The quantitative estimate of drug-likeness (QED) is 0.377. The number of benzene rings is 2. The highest BCUT2D eigenvalue weighted by molar-refractivity contribution is 5.94. The van der Waals surface area contributed by atoms with Gasteiger partial charge in [-0.2, -0.15) is 4.98 Å². The fraction of sp³-hybridized carbons (Fsp3) is 0.360. The lowest BCUT2D eigenvalue weighted by atomic mass is 10.2. The van der Waals surface area contributed by atoms with E-state index in [2.05, 4.69) is 20.9 Å². The Morgan fingerprint density at radius 3 is 2.43 bits per heavy atom. The Labute approximate surface area is 204 Å². The first-order valence-corrected chi connectivity index (χ1v) is 11.6. The Hall–Kier alpha value is -4.08. The van der Waals surface area contributed by atoms with Crippen molar-refractivity contribution >= 4 is 45.9 Å². The van der Waals surface area contributed by atoms with Gasteiger partial charge >= 0.3 is 0 Å². The average molecular weight is 479 g/mol. The van der Waals surface area contributed by atoms with E-state index in [1.54, 1.807) is 14.2 Å². The standard InChI is InChI=1S/C25H30N6O4/c1-16(32)27-17-7-9-18(10-8-17)28-24-19-14-21(34-2)22(35-3)15-20(19)29-25(30-24)26-11-5-13-31-12-4-6-23(31)33/h7-10,14-15H,4-6,11-13H2,1-3H3,(H,27,32)(H2,26,28,29,30). The zero-order chi connectivity index (χ0) is 24.8. The van der Waals surface area contributed by atoms with E-state index in [9.17, 15) is 9.59 Å². The molecule has 2 heterocycles. The number of hydrogen-bond donors (Lipinski definition) is 3. The summed E-state index contributed by atoms with van der Waals surface area (Å²) in [5, 5.41) is 10.1. The SMILES string of the molecule is COc1cc2nc(NCCCN3CCCC3=O)nc(Nc3ccc(NC(C)=O)cc3)c2cc1OC. The van der Waals surface area contributed by atoms with Crippen LogP contribution in [0.4, 0.5) is 23.1 Å². The van der Waals surface area contributed by atoms with Crippen molar-refractivity contribution in [2.24, 2.45) is 0 Å². The van der Waals surface area contributed by atoms with Crippen LogP contribution in [-0.2, 0) is 9.59 Å². The molecule has 0 radical (unpaired) electrons. The third-order valence-electron chi connectivity index (χ3n) is 5.73. The molecule has 2 amide bonds. The second-order valence-corrected chi connectivity index (χ2v) is 8.27. The van der Waals surface area contributed by atoms with E-state index in [4.69, 9.17) is 14.5 Å². The van der Waals surface area contributed by atoms with Gasteiger partial charge in [0.1, 0.15) is 5.82 Å². The van der Waals surface area contributed by atoms with Gasteiger partial charge in [-0.25, -0.2) is 4.98 Å². The predicted molar refractivity (Wildman–Crippen MR) is 136 cm³/mol. The number of nitrogens with one attached hydrogen (secondary N) is 3. The highest BCUT2D eigenvalue weighted by atomic mass is 16.5. The van der Waals surface area contributed by atoms with Gasteiger partial charge in [-0.05, 0) is 43.2 Å². The van der Waals surface area contributed by atoms with Crippen LogP contribution in [0.5, 0.6) is 11.5 Å². The smallest absolute Gasteiger partial charge is 0.225 e. The number of fused-ring (bicyclic) bond motifs is 1. The first-order valence-electron chi connectivity index (χ1n) is 11.6. The van der Waals surface area contributed by atoms with Gasteiger partial charge in [-0.3, -0.25) is 9.59 Å². The van der Waals surface area contributed by atoms with Crippen molar-refractivity contribution in [3.05, 3.63) is 36.4 Å². The molecule has 10 nitrogen and oxygen atoms in total. The molecule has 1 aliphatic rings. The van der Waals surface area contributed by atoms with Gasteiger partial charge in [-0.15, -0.1) is 0 Å². The largest absolute Gasteiger partial charge is 0.493 e. The summed E-state index contributed by atoms with van der Waals surface area (Å²) in [5.41, 5.74) is 2.19. The summed E-state index contributed by atoms with van der Waals surface area (Å²) in [7, 11) is 3.17. The van der Waals surface area contributed by atoms with Crippen molar-refractivity contribution in [1.29, 1.82) is 0 Å². The zero-order valence-electron chi connectivity index (χ0n) is 20.2. The Balaban J connectivity index is 1.57. The molecular formula is C25H30N6O4. The number of amides is 2. The number of aromatic nitrogens is 2. The monoisotopic (exact) mass is 478 g/mol. The van der Waals surface area contributed by atoms with Crippen LogP contribution in [0, 0.1) is 0 Å². The third kappa shape index (κ3) is 5.89. The molecule has 1 aromatic heterocycles. The molecular weight excluding hydrogens is 448 g/mol. The summed E-state index contributed by atoms with van der Waals surface area (Å²) in [6.07, 6.45) is 2.38. The van der Waals surface area contributed by atoms with Crippen LogP contribution < -0.4 is 25.4 Å². The number of carbonyl (C=O) groups excluding carboxylic acids is 2. The van der Waals surface area contributed by atoms with Crippen molar-refractivity contribution in [1.82, 2.24) is 14.9 Å². The Morgan fingerprint density at radius 1 is 1.06 bits per heavy atom. The summed E-state index contributed by atoms with van der Waals surface area (Å²) in [4.78, 5) is 34.4. The molecule has 3 N–H and O–H groups in total. The van der Waals surface area contributed by atoms with Crippen molar-refractivity contribution < 1.29 is 19.1 Å². The summed E-state index contributed by atoms with van der Waals surface area (Å²) in [6, 6.07) is 11.0. The molecule has 0 unspecified atom stereocenters. The summed E-state index contributed by atoms with van der Waals surface area (Å²) in [6.45, 7) is 3.66. The van der Waals surface area contributed by atoms with E-state index in [1.165, 1.54) is 6.92 Å². The molecule has 10 heteroatoms. The Morgan fingerprint density at radius 2 is 1.77 bits per heavy atom. The molecule has 0 saturated carbocycles. The normalized spacial score (nSPS) is 13.1. The number of nitrogens with zero attached hydrogens (tertiary/aromatic N) is 3. The second kappa shape index (κ2) is 10.9. The molecule has 0 atom stereocenters. The number of ether oxygens (including phenoxy) is 2. The molecule has 4 rings (SSSR count). The average Bonchev–Trinajstić information content (AvgIpc) is 3.26. The summed E-state index contributed by atoms with van der Waals surface area (Å²) < 4.78 is 10.9. The Bertz CT molecular complexity index is 1210. The highest BCUT2D eigenvalue weighted by Gasteiger charge is 2.19. The molecule has 1 aliphatic heterocycles. The van der Waals surface area contributed by atoms with Crippen LogP contribution in [0.15, 0.2) is 36.4 Å². The van der Waals surface area contributed by atoms with Crippen molar-refractivity contribution in [2.45, 2.75) is 26.2 Å². The van der Waals surface area contributed by atoms with Crippen LogP contribution in [0.1, 0.15) is 26.2 Å². The molecule has 2 aromatic carbocycles. The molecule has 0 bridgehead atoms. The number of likely N-dealkylation sites (tertiary alicyclic amines) is 1. The fourth-order valence-corrected chi connectivity index (χ4v) is 4.02. The minimum atomic E-state index is -0.127. The van der Waals surface area contributed by atoms with Crippen LogP contribution >= 0.6 is 0 Å². The van der Waals surface area contributed by atoms with Crippen LogP contribution in [0.2, 0.25) is 0 Å². The fourth-order valence-electron chi connectivity index (χ4n) is 4.02. The molecule has 1 fully saturated rings. The topological polar surface area (TPSA) is 118 Å². The van der Waals surface area contributed by atoms with Crippen molar-refractivity contribution in [3.63, 3.8) is 0 Å². The van der Waals surface area contributed by atoms with Gasteiger partial charge in [-0.1, -0.05) is 0 Å². The highest BCUT2D eigenvalue weighted by Crippen LogP contribution is 2.35. The van der Waals surface area contributed by atoms with E-state index >= 15 is 0 Å². The lowest BCUT2D eigenvalue weighted by molar-refractivity contribution is -0.127. The van der Waals surface area contributed by atoms with Gasteiger partial charge in [0.25, 0.3) is 0 Å². The molecule has 1 saturated heterocycles. The number of rotatable bonds is 10. The van der Waals surface area contributed by atoms with Gasteiger partial charge in [0.2, 0.25) is 17.8 Å². The second-order valence-electron chi connectivity index (χ2n) is 8.27. The maximum absolute atomic E-state index is 11.8.